The van der Waals surface area contributed by atoms with Crippen molar-refractivity contribution in [3.05, 3.63) is 34.3 Å². The normalized spacial score (nSPS) is 19.6. The van der Waals surface area contributed by atoms with Crippen LogP contribution in [0, 0.1) is 5.92 Å². The highest BCUT2D eigenvalue weighted by atomic mass is 79.9. The summed E-state index contributed by atoms with van der Waals surface area (Å²) >= 11 is 3.32. The maximum absolute atomic E-state index is 12.2. The number of benzene rings is 1. The lowest BCUT2D eigenvalue weighted by Gasteiger charge is -2.30. The number of carbonyl (C=O) groups is 2. The number of piperidine rings is 1. The molecule has 0 bridgehead atoms. The average Bonchev–Trinajstić information content (AvgIpc) is 2.39. The van der Waals surface area contributed by atoms with E-state index in [0.29, 0.717) is 25.1 Å². The van der Waals surface area contributed by atoms with E-state index in [-0.39, 0.29) is 5.91 Å². The lowest BCUT2D eigenvalue weighted by atomic mass is 9.97. The predicted molar refractivity (Wildman–Crippen MR) is 70.4 cm³/mol. The number of carboxylic acids is 1. The number of halogens is 1. The van der Waals surface area contributed by atoms with Crippen LogP contribution in [0.3, 0.4) is 0 Å². The first-order chi connectivity index (χ1) is 8.58. The number of rotatable bonds is 2. The molecule has 2 rings (SSSR count). The highest BCUT2D eigenvalue weighted by Gasteiger charge is 2.28. The maximum Gasteiger partial charge on any atom is 0.308 e. The first-order valence-corrected chi connectivity index (χ1v) is 6.65. The zero-order valence-corrected chi connectivity index (χ0v) is 11.4. The molecule has 0 unspecified atom stereocenters. The molecule has 1 saturated heterocycles. The number of amides is 1. The highest BCUT2D eigenvalue weighted by molar-refractivity contribution is 9.10. The monoisotopic (exact) mass is 311 g/mol. The Balaban J connectivity index is 2.09. The minimum absolute atomic E-state index is 0.0894. The summed E-state index contributed by atoms with van der Waals surface area (Å²) in [6.07, 6.45) is 1.40. The van der Waals surface area contributed by atoms with Gasteiger partial charge < -0.3 is 10.0 Å². The molecular formula is C13H14BrNO3. The van der Waals surface area contributed by atoms with Crippen molar-refractivity contribution in [2.45, 2.75) is 12.8 Å². The lowest BCUT2D eigenvalue weighted by Crippen LogP contribution is -2.42. The molecule has 1 fully saturated rings. The van der Waals surface area contributed by atoms with Gasteiger partial charge in [0.05, 0.1) is 5.92 Å². The third-order valence-corrected chi connectivity index (χ3v) is 3.68. The molecular weight excluding hydrogens is 298 g/mol. The Bertz CT molecular complexity index is 458. The highest BCUT2D eigenvalue weighted by Crippen LogP contribution is 2.19. The smallest absolute Gasteiger partial charge is 0.308 e. The number of aliphatic carboxylic acids is 1. The van der Waals surface area contributed by atoms with E-state index in [0.717, 1.165) is 10.9 Å². The first kappa shape index (κ1) is 13.1. The van der Waals surface area contributed by atoms with Crippen molar-refractivity contribution in [1.29, 1.82) is 0 Å². The van der Waals surface area contributed by atoms with Crippen molar-refractivity contribution in [3.63, 3.8) is 0 Å². The van der Waals surface area contributed by atoms with Crippen molar-refractivity contribution in [3.8, 4) is 0 Å². The Labute approximate surface area is 114 Å². The number of likely N-dealkylation sites (tertiary alicyclic amines) is 1. The fourth-order valence-corrected chi connectivity index (χ4v) is 2.40. The van der Waals surface area contributed by atoms with Gasteiger partial charge in [0, 0.05) is 23.1 Å². The van der Waals surface area contributed by atoms with E-state index >= 15 is 0 Å². The Hall–Kier alpha value is -1.36. The van der Waals surface area contributed by atoms with Crippen molar-refractivity contribution in [2.75, 3.05) is 13.1 Å². The van der Waals surface area contributed by atoms with Gasteiger partial charge in [0.25, 0.3) is 5.91 Å². The van der Waals surface area contributed by atoms with E-state index in [4.69, 9.17) is 5.11 Å². The van der Waals surface area contributed by atoms with Gasteiger partial charge in [-0.15, -0.1) is 0 Å². The molecule has 0 saturated carbocycles. The molecule has 0 radical (unpaired) electrons. The Morgan fingerprint density at radius 2 is 1.94 bits per heavy atom. The standard InChI is InChI=1S/C13H14BrNO3/c14-11-5-3-9(4-6-11)12(16)15-7-1-2-10(8-15)13(17)18/h3-6,10H,1-2,7-8H2,(H,17,18)/t10-/m0/s1. The second-order valence-corrected chi connectivity index (χ2v) is 5.35. The second kappa shape index (κ2) is 5.52. The Kier molecular flexibility index (Phi) is 4.01. The lowest BCUT2D eigenvalue weighted by molar-refractivity contribution is -0.143. The van der Waals surface area contributed by atoms with Crippen LogP contribution >= 0.6 is 15.9 Å². The van der Waals surface area contributed by atoms with Gasteiger partial charge in [0.1, 0.15) is 0 Å². The SMILES string of the molecule is O=C(O)[C@H]1CCCN(C(=O)c2ccc(Br)cc2)C1. The number of carbonyl (C=O) groups excluding carboxylic acids is 1. The molecule has 1 heterocycles. The fourth-order valence-electron chi connectivity index (χ4n) is 2.14. The molecule has 1 atom stereocenters. The maximum atomic E-state index is 12.2. The van der Waals surface area contributed by atoms with E-state index in [1.165, 1.54) is 0 Å². The molecule has 96 valence electrons. The van der Waals surface area contributed by atoms with Gasteiger partial charge in [-0.25, -0.2) is 0 Å². The van der Waals surface area contributed by atoms with Gasteiger partial charge in [0.2, 0.25) is 0 Å². The topological polar surface area (TPSA) is 57.6 Å². The van der Waals surface area contributed by atoms with Gasteiger partial charge in [-0.3, -0.25) is 9.59 Å². The number of hydrogen-bond donors (Lipinski definition) is 1. The molecule has 4 nitrogen and oxygen atoms in total. The summed E-state index contributed by atoms with van der Waals surface area (Å²) in [5, 5.41) is 9.00. The molecule has 1 aliphatic rings. The first-order valence-electron chi connectivity index (χ1n) is 5.85. The summed E-state index contributed by atoms with van der Waals surface area (Å²) in [5.41, 5.74) is 0.601. The van der Waals surface area contributed by atoms with Crippen LogP contribution in [0.2, 0.25) is 0 Å². The number of nitrogens with zero attached hydrogens (tertiary/aromatic N) is 1. The fraction of sp³-hybridized carbons (Fsp3) is 0.385. The summed E-state index contributed by atoms with van der Waals surface area (Å²) in [7, 11) is 0. The van der Waals surface area contributed by atoms with Crippen LogP contribution in [0.25, 0.3) is 0 Å². The van der Waals surface area contributed by atoms with Crippen LogP contribution < -0.4 is 0 Å². The molecule has 0 spiro atoms. The molecule has 1 aromatic carbocycles. The molecule has 1 amide bonds. The molecule has 18 heavy (non-hydrogen) atoms. The summed E-state index contributed by atoms with van der Waals surface area (Å²) < 4.78 is 0.918. The third-order valence-electron chi connectivity index (χ3n) is 3.15. The predicted octanol–water partition coefficient (Wildman–Crippen LogP) is 2.39. The Morgan fingerprint density at radius 1 is 1.28 bits per heavy atom. The largest absolute Gasteiger partial charge is 0.481 e. The van der Waals surface area contributed by atoms with Crippen LogP contribution in [0.4, 0.5) is 0 Å². The zero-order valence-electron chi connectivity index (χ0n) is 9.80. The van der Waals surface area contributed by atoms with Crippen LogP contribution in [-0.2, 0) is 4.79 Å². The quantitative estimate of drug-likeness (QED) is 0.912. The van der Waals surface area contributed by atoms with E-state index in [1.807, 2.05) is 12.1 Å². The average molecular weight is 312 g/mol. The zero-order chi connectivity index (χ0) is 13.1. The minimum Gasteiger partial charge on any atom is -0.481 e. The molecule has 1 aromatic rings. The number of hydrogen-bond acceptors (Lipinski definition) is 2. The van der Waals surface area contributed by atoms with Crippen LogP contribution in [-0.4, -0.2) is 35.0 Å². The summed E-state index contributed by atoms with van der Waals surface area (Å²) in [6, 6.07) is 7.12. The van der Waals surface area contributed by atoms with Gasteiger partial charge >= 0.3 is 5.97 Å². The van der Waals surface area contributed by atoms with Gasteiger partial charge in [-0.2, -0.15) is 0 Å². The Morgan fingerprint density at radius 3 is 2.56 bits per heavy atom. The van der Waals surface area contributed by atoms with Crippen molar-refractivity contribution in [1.82, 2.24) is 4.90 Å². The third kappa shape index (κ3) is 2.90. The van der Waals surface area contributed by atoms with Gasteiger partial charge in [-0.05, 0) is 37.1 Å². The molecule has 5 heteroatoms. The van der Waals surface area contributed by atoms with Crippen LogP contribution in [0.15, 0.2) is 28.7 Å². The van der Waals surface area contributed by atoms with Crippen molar-refractivity contribution >= 4 is 27.8 Å². The summed E-state index contributed by atoms with van der Waals surface area (Å²) in [4.78, 5) is 24.8. The van der Waals surface area contributed by atoms with Crippen LogP contribution in [0.5, 0.6) is 0 Å². The van der Waals surface area contributed by atoms with Crippen molar-refractivity contribution < 1.29 is 14.7 Å². The van der Waals surface area contributed by atoms with Gasteiger partial charge in [-0.1, -0.05) is 15.9 Å². The second-order valence-electron chi connectivity index (χ2n) is 4.44. The summed E-state index contributed by atoms with van der Waals surface area (Å²) in [6.45, 7) is 0.947. The number of carboxylic acid groups (broad SMARTS) is 1. The van der Waals surface area contributed by atoms with Crippen molar-refractivity contribution in [2.24, 2.45) is 5.92 Å². The van der Waals surface area contributed by atoms with E-state index in [1.54, 1.807) is 17.0 Å². The molecule has 0 aromatic heterocycles. The van der Waals surface area contributed by atoms with E-state index in [9.17, 15) is 9.59 Å². The molecule has 1 N–H and O–H groups in total. The molecule has 1 aliphatic heterocycles. The van der Waals surface area contributed by atoms with Gasteiger partial charge in [0.15, 0.2) is 0 Å². The van der Waals surface area contributed by atoms with Crippen LogP contribution in [0.1, 0.15) is 23.2 Å². The van der Waals surface area contributed by atoms with E-state index < -0.39 is 11.9 Å². The summed E-state index contributed by atoms with van der Waals surface area (Å²) in [5.74, 6) is -1.34. The minimum atomic E-state index is -0.816. The molecule has 0 aliphatic carbocycles. The van der Waals surface area contributed by atoms with E-state index in [2.05, 4.69) is 15.9 Å².